The smallest absolute Gasteiger partial charge is 0.0534 e. The maximum absolute atomic E-state index is 2.41. The van der Waals surface area contributed by atoms with E-state index in [9.17, 15) is 0 Å². The third kappa shape index (κ3) is 3.71. The van der Waals surface area contributed by atoms with Crippen molar-refractivity contribution < 1.29 is 0 Å². The largest absolute Gasteiger partial charge is 0.343 e. The highest BCUT2D eigenvalue weighted by atomic mass is 14.9. The molecule has 0 N–H and O–H groups in total. The molecular weight excluding hydrogens is 386 g/mol. The highest BCUT2D eigenvalue weighted by molar-refractivity contribution is 6.22. The van der Waals surface area contributed by atoms with Crippen molar-refractivity contribution in [2.45, 2.75) is 54.4 Å². The molecule has 0 aliphatic heterocycles. The molecule has 1 aromatic heterocycles. The predicted molar refractivity (Wildman–Crippen MR) is 144 cm³/mol. The van der Waals surface area contributed by atoms with Gasteiger partial charge < -0.3 is 4.57 Å². The minimum Gasteiger partial charge on any atom is -0.343 e. The molecule has 32 heavy (non-hydrogen) atoms. The van der Waals surface area contributed by atoms with Crippen LogP contribution in [-0.2, 0) is 19.9 Å². The van der Waals surface area contributed by atoms with Gasteiger partial charge in [-0.15, -0.1) is 0 Å². The van der Waals surface area contributed by atoms with Gasteiger partial charge >= 0.3 is 0 Å². The molecule has 1 aliphatic rings. The third-order valence-electron chi connectivity index (χ3n) is 6.13. The van der Waals surface area contributed by atoms with Gasteiger partial charge in [-0.2, -0.15) is 0 Å². The number of aryl methyl sites for hydroxylation is 1. The summed E-state index contributed by atoms with van der Waals surface area (Å²) in [6.07, 6.45) is 2.06. The lowest BCUT2D eigenvalue weighted by Crippen LogP contribution is -2.10. The van der Waals surface area contributed by atoms with Crippen molar-refractivity contribution in [3.63, 3.8) is 0 Å². The number of benzene rings is 4. The Kier molecular flexibility index (Phi) is 7.75. The Balaban J connectivity index is 0.000000448. The fourth-order valence-corrected chi connectivity index (χ4v) is 4.96. The van der Waals surface area contributed by atoms with Crippen LogP contribution in [0, 0.1) is 0 Å². The topological polar surface area (TPSA) is 4.93 Å². The molecule has 0 spiro atoms. The maximum Gasteiger partial charge on any atom is 0.0534 e. The van der Waals surface area contributed by atoms with Crippen molar-refractivity contribution in [2.75, 3.05) is 0 Å². The SMILES string of the molecule is CC.CC.CC.Cn1c2ccccc2c2c3ccccc3c3c(c21)Cc1ccccc1C3. The van der Waals surface area contributed by atoms with Crippen molar-refractivity contribution in [3.8, 4) is 0 Å². The second-order valence-corrected chi connectivity index (χ2v) is 7.42. The van der Waals surface area contributed by atoms with Gasteiger partial charge in [0.2, 0.25) is 0 Å². The Hall–Kier alpha value is -3.06. The van der Waals surface area contributed by atoms with Crippen molar-refractivity contribution in [2.24, 2.45) is 7.05 Å². The highest BCUT2D eigenvalue weighted by Gasteiger charge is 2.24. The summed E-state index contributed by atoms with van der Waals surface area (Å²) in [5.74, 6) is 0. The van der Waals surface area contributed by atoms with E-state index in [-0.39, 0.29) is 0 Å². The lowest BCUT2D eigenvalue weighted by atomic mass is 9.82. The molecule has 1 aliphatic carbocycles. The van der Waals surface area contributed by atoms with Crippen LogP contribution < -0.4 is 0 Å². The van der Waals surface area contributed by atoms with Gasteiger partial charge in [-0.1, -0.05) is 108 Å². The molecule has 0 unspecified atom stereocenters. The zero-order valence-corrected chi connectivity index (χ0v) is 20.8. The van der Waals surface area contributed by atoms with E-state index in [2.05, 4.69) is 84.4 Å². The maximum atomic E-state index is 2.41. The predicted octanol–water partition coefficient (Wildman–Crippen LogP) is 9.06. The monoisotopic (exact) mass is 423 g/mol. The van der Waals surface area contributed by atoms with Crippen LogP contribution in [0.15, 0.2) is 72.8 Å². The van der Waals surface area contributed by atoms with E-state index in [0.29, 0.717) is 0 Å². The molecule has 0 atom stereocenters. The summed E-state index contributed by atoms with van der Waals surface area (Å²) in [4.78, 5) is 0. The first-order chi connectivity index (χ1) is 15.8. The zero-order chi connectivity index (χ0) is 23.3. The quantitative estimate of drug-likeness (QED) is 0.230. The van der Waals surface area contributed by atoms with Crippen molar-refractivity contribution in [1.82, 2.24) is 4.57 Å². The molecule has 0 saturated heterocycles. The highest BCUT2D eigenvalue weighted by Crippen LogP contribution is 2.42. The lowest BCUT2D eigenvalue weighted by molar-refractivity contribution is 0.970. The standard InChI is InChI=1S/C25H19N.3C2H6/c1-26-23-13-7-6-12-20(23)24-19-11-5-4-10-18(19)21-14-16-8-2-3-9-17(16)15-22(21)25(24)26;3*1-2/h2-13H,14-15H2,1H3;3*1-2H3. The van der Waals surface area contributed by atoms with Crippen LogP contribution in [0.5, 0.6) is 0 Å². The van der Waals surface area contributed by atoms with Crippen LogP contribution in [0.1, 0.15) is 63.8 Å². The zero-order valence-electron chi connectivity index (χ0n) is 20.8. The van der Waals surface area contributed by atoms with Crippen molar-refractivity contribution in [3.05, 3.63) is 95.1 Å². The van der Waals surface area contributed by atoms with Crippen molar-refractivity contribution >= 4 is 32.6 Å². The molecule has 0 fully saturated rings. The Bertz CT molecular complexity index is 1340. The van der Waals surface area contributed by atoms with E-state index in [0.717, 1.165) is 12.8 Å². The van der Waals surface area contributed by atoms with Gasteiger partial charge in [-0.3, -0.25) is 0 Å². The fraction of sp³-hybridized carbons (Fsp3) is 0.290. The van der Waals surface area contributed by atoms with Crippen LogP contribution in [-0.4, -0.2) is 4.57 Å². The fourth-order valence-electron chi connectivity index (χ4n) is 4.96. The van der Waals surface area contributed by atoms with E-state index in [1.807, 2.05) is 41.5 Å². The van der Waals surface area contributed by atoms with Crippen LogP contribution in [0.25, 0.3) is 32.6 Å². The van der Waals surface area contributed by atoms with E-state index in [1.165, 1.54) is 54.8 Å². The molecule has 0 bridgehead atoms. The van der Waals surface area contributed by atoms with Gasteiger partial charge in [0, 0.05) is 29.8 Å². The molecule has 1 heteroatoms. The van der Waals surface area contributed by atoms with Gasteiger partial charge in [-0.25, -0.2) is 0 Å². The summed E-state index contributed by atoms with van der Waals surface area (Å²) in [6.45, 7) is 12.0. The molecule has 4 aromatic carbocycles. The van der Waals surface area contributed by atoms with Gasteiger partial charge in [0.15, 0.2) is 0 Å². The van der Waals surface area contributed by atoms with Gasteiger partial charge in [0.25, 0.3) is 0 Å². The summed E-state index contributed by atoms with van der Waals surface area (Å²) in [6, 6.07) is 26.7. The molecule has 0 amide bonds. The summed E-state index contributed by atoms with van der Waals surface area (Å²) < 4.78 is 2.41. The molecule has 166 valence electrons. The van der Waals surface area contributed by atoms with Crippen LogP contribution in [0.4, 0.5) is 0 Å². The Morgan fingerprint density at radius 1 is 0.531 bits per heavy atom. The number of aromatic nitrogens is 1. The van der Waals surface area contributed by atoms with E-state index in [1.54, 1.807) is 0 Å². The molecule has 6 rings (SSSR count). The Morgan fingerprint density at radius 3 is 1.62 bits per heavy atom. The van der Waals surface area contributed by atoms with E-state index in [4.69, 9.17) is 0 Å². The molecular formula is C31H37N. The molecule has 0 saturated carbocycles. The molecule has 0 radical (unpaired) electrons. The summed E-state index contributed by atoms with van der Waals surface area (Å²) in [7, 11) is 2.22. The van der Waals surface area contributed by atoms with E-state index < -0.39 is 0 Å². The van der Waals surface area contributed by atoms with Crippen LogP contribution in [0.3, 0.4) is 0 Å². The van der Waals surface area contributed by atoms with E-state index >= 15 is 0 Å². The first-order valence-corrected chi connectivity index (χ1v) is 12.3. The number of nitrogens with zero attached hydrogens (tertiary/aromatic N) is 1. The van der Waals surface area contributed by atoms with Gasteiger partial charge in [0.05, 0.1) is 5.52 Å². The number of hydrogen-bond donors (Lipinski definition) is 0. The third-order valence-corrected chi connectivity index (χ3v) is 6.13. The minimum atomic E-state index is 1.02. The average Bonchev–Trinajstić information content (AvgIpc) is 3.20. The average molecular weight is 424 g/mol. The Labute approximate surface area is 193 Å². The van der Waals surface area contributed by atoms with Crippen molar-refractivity contribution in [1.29, 1.82) is 0 Å². The molecule has 1 nitrogen and oxygen atoms in total. The number of hydrogen-bond acceptors (Lipinski definition) is 0. The second kappa shape index (κ2) is 10.5. The lowest BCUT2D eigenvalue weighted by Gasteiger charge is -2.23. The molecule has 5 aromatic rings. The van der Waals surface area contributed by atoms with Gasteiger partial charge in [-0.05, 0) is 45.5 Å². The number of rotatable bonds is 0. The summed E-state index contributed by atoms with van der Waals surface area (Å²) in [5, 5.41) is 5.58. The van der Waals surface area contributed by atoms with Crippen LogP contribution >= 0.6 is 0 Å². The minimum absolute atomic E-state index is 1.02. The number of para-hydroxylation sites is 1. The van der Waals surface area contributed by atoms with Gasteiger partial charge in [0.1, 0.15) is 0 Å². The first kappa shape index (κ1) is 23.6. The second-order valence-electron chi connectivity index (χ2n) is 7.42. The van der Waals surface area contributed by atoms with Crippen LogP contribution in [0.2, 0.25) is 0 Å². The summed E-state index contributed by atoms with van der Waals surface area (Å²) in [5.41, 5.74) is 8.70. The molecule has 1 heterocycles. The number of fused-ring (bicyclic) bond motifs is 9. The first-order valence-electron chi connectivity index (χ1n) is 12.3. The summed E-state index contributed by atoms with van der Waals surface area (Å²) >= 11 is 0. The normalized spacial score (nSPS) is 11.3. The Morgan fingerprint density at radius 2 is 1.00 bits per heavy atom.